The second-order valence-electron chi connectivity index (χ2n) is 9.17. The van der Waals surface area contributed by atoms with Crippen molar-refractivity contribution in [1.29, 1.82) is 0 Å². The first-order valence-corrected chi connectivity index (χ1v) is 10.1. The third kappa shape index (κ3) is 4.95. The van der Waals surface area contributed by atoms with E-state index in [9.17, 15) is 4.79 Å². The van der Waals surface area contributed by atoms with Gasteiger partial charge in [0.1, 0.15) is 5.60 Å². The second-order valence-corrected chi connectivity index (χ2v) is 9.17. The van der Waals surface area contributed by atoms with Gasteiger partial charge in [0, 0.05) is 31.9 Å². The lowest BCUT2D eigenvalue weighted by Crippen LogP contribution is -2.58. The van der Waals surface area contributed by atoms with E-state index in [-0.39, 0.29) is 11.7 Å². The van der Waals surface area contributed by atoms with Crippen LogP contribution in [0.5, 0.6) is 0 Å². The average molecular weight is 375 g/mol. The number of benzene rings is 1. The van der Waals surface area contributed by atoms with Gasteiger partial charge in [0.05, 0.1) is 12.2 Å². The van der Waals surface area contributed by atoms with E-state index in [4.69, 9.17) is 9.47 Å². The molecule has 1 aromatic carbocycles. The van der Waals surface area contributed by atoms with E-state index in [1.54, 1.807) is 0 Å². The first-order chi connectivity index (χ1) is 12.7. The normalized spacial score (nSPS) is 20.2. The number of likely N-dealkylation sites (tertiary alicyclic amines) is 1. The molecule has 2 saturated heterocycles. The summed E-state index contributed by atoms with van der Waals surface area (Å²) in [4.78, 5) is 16.6. The van der Waals surface area contributed by atoms with Gasteiger partial charge in [-0.25, -0.2) is 4.79 Å². The lowest BCUT2D eigenvalue weighted by atomic mass is 9.89. The molecule has 2 aliphatic rings. The molecule has 3 rings (SSSR count). The Kier molecular flexibility index (Phi) is 5.71. The van der Waals surface area contributed by atoms with Crippen LogP contribution in [-0.4, -0.2) is 55.0 Å². The van der Waals surface area contributed by atoms with E-state index >= 15 is 0 Å². The second kappa shape index (κ2) is 7.70. The van der Waals surface area contributed by atoms with Gasteiger partial charge in [0.15, 0.2) is 0 Å². The van der Waals surface area contributed by atoms with Crippen LogP contribution in [0.2, 0.25) is 0 Å². The van der Waals surface area contributed by atoms with Crippen molar-refractivity contribution in [2.24, 2.45) is 0 Å². The molecule has 0 bridgehead atoms. The van der Waals surface area contributed by atoms with E-state index < -0.39 is 5.60 Å². The van der Waals surface area contributed by atoms with Crippen LogP contribution in [0.25, 0.3) is 0 Å². The largest absolute Gasteiger partial charge is 0.444 e. The van der Waals surface area contributed by atoms with Crippen molar-refractivity contribution in [3.63, 3.8) is 0 Å². The van der Waals surface area contributed by atoms with Crippen molar-refractivity contribution in [1.82, 2.24) is 4.90 Å². The number of morpholine rings is 1. The molecule has 0 N–H and O–H groups in total. The van der Waals surface area contributed by atoms with Crippen LogP contribution in [-0.2, 0) is 9.47 Å². The predicted molar refractivity (Wildman–Crippen MR) is 108 cm³/mol. The van der Waals surface area contributed by atoms with Gasteiger partial charge in [-0.1, -0.05) is 26.0 Å². The zero-order valence-electron chi connectivity index (χ0n) is 17.5. The number of carbonyl (C=O) groups is 1. The quantitative estimate of drug-likeness (QED) is 0.769. The van der Waals surface area contributed by atoms with E-state index in [0.29, 0.717) is 19.0 Å². The fourth-order valence-electron chi connectivity index (χ4n) is 3.86. The molecule has 0 radical (unpaired) electrons. The number of hydrogen-bond donors (Lipinski definition) is 0. The Morgan fingerprint density at radius 3 is 2.30 bits per heavy atom. The molecule has 0 atom stereocenters. The highest BCUT2D eigenvalue weighted by Crippen LogP contribution is 2.33. The van der Waals surface area contributed by atoms with E-state index in [0.717, 1.165) is 32.5 Å². The third-order valence-electron chi connectivity index (χ3n) is 5.50. The maximum atomic E-state index is 12.3. The standard InChI is InChI=1S/C22H34N2O3/c1-17(2)18-6-8-19(9-7-18)24-14-15-26-22(16-24)10-12-23(13-11-22)20(25)27-21(3,4)5/h6-9,17H,10-16H2,1-5H3. The highest BCUT2D eigenvalue weighted by molar-refractivity contribution is 5.68. The molecule has 2 heterocycles. The van der Waals surface area contributed by atoms with Crippen LogP contribution in [0.1, 0.15) is 58.9 Å². The summed E-state index contributed by atoms with van der Waals surface area (Å²) in [5.41, 5.74) is 2.02. The van der Waals surface area contributed by atoms with Crippen molar-refractivity contribution >= 4 is 11.8 Å². The fraction of sp³-hybridized carbons (Fsp3) is 0.682. The number of amides is 1. The van der Waals surface area contributed by atoms with E-state index in [1.807, 2.05) is 25.7 Å². The average Bonchev–Trinajstić information content (AvgIpc) is 2.61. The fourth-order valence-corrected chi connectivity index (χ4v) is 3.86. The first kappa shape index (κ1) is 20.0. The Balaban J connectivity index is 1.60. The zero-order chi connectivity index (χ0) is 19.7. The number of ether oxygens (including phenoxy) is 2. The summed E-state index contributed by atoms with van der Waals surface area (Å²) in [5, 5.41) is 0. The molecule has 5 heteroatoms. The topological polar surface area (TPSA) is 42.0 Å². The Morgan fingerprint density at radius 2 is 1.74 bits per heavy atom. The Labute approximate surface area is 163 Å². The highest BCUT2D eigenvalue weighted by atomic mass is 16.6. The monoisotopic (exact) mass is 374 g/mol. The zero-order valence-corrected chi connectivity index (χ0v) is 17.5. The molecule has 0 saturated carbocycles. The molecule has 0 unspecified atom stereocenters. The van der Waals surface area contributed by atoms with Crippen LogP contribution >= 0.6 is 0 Å². The number of carbonyl (C=O) groups excluding carboxylic acids is 1. The number of piperidine rings is 1. The predicted octanol–water partition coefficient (Wildman–Crippen LogP) is 4.42. The lowest BCUT2D eigenvalue weighted by molar-refractivity contribution is -0.0912. The summed E-state index contributed by atoms with van der Waals surface area (Å²) in [6.45, 7) is 14.1. The maximum Gasteiger partial charge on any atom is 0.410 e. The van der Waals surface area contributed by atoms with E-state index in [2.05, 4.69) is 43.0 Å². The molecule has 0 aliphatic carbocycles. The molecule has 27 heavy (non-hydrogen) atoms. The minimum atomic E-state index is -0.452. The summed E-state index contributed by atoms with van der Waals surface area (Å²) in [6.07, 6.45) is 1.49. The minimum Gasteiger partial charge on any atom is -0.444 e. The Morgan fingerprint density at radius 1 is 1.11 bits per heavy atom. The van der Waals surface area contributed by atoms with Gasteiger partial charge in [0.25, 0.3) is 0 Å². The molecular weight excluding hydrogens is 340 g/mol. The third-order valence-corrected chi connectivity index (χ3v) is 5.50. The van der Waals surface area contributed by atoms with Crippen LogP contribution in [0.4, 0.5) is 10.5 Å². The summed E-state index contributed by atoms with van der Waals surface area (Å²) >= 11 is 0. The summed E-state index contributed by atoms with van der Waals surface area (Å²) in [7, 11) is 0. The Bertz CT molecular complexity index is 641. The lowest BCUT2D eigenvalue weighted by Gasteiger charge is -2.48. The molecule has 1 aromatic rings. The minimum absolute atomic E-state index is 0.159. The van der Waals surface area contributed by atoms with Crippen molar-refractivity contribution < 1.29 is 14.3 Å². The Hall–Kier alpha value is -1.75. The number of hydrogen-bond acceptors (Lipinski definition) is 4. The molecule has 150 valence electrons. The molecule has 0 aromatic heterocycles. The van der Waals surface area contributed by atoms with Gasteiger partial charge in [0.2, 0.25) is 0 Å². The smallest absolute Gasteiger partial charge is 0.410 e. The van der Waals surface area contributed by atoms with Crippen molar-refractivity contribution in [2.45, 2.75) is 64.6 Å². The van der Waals surface area contributed by atoms with Crippen molar-refractivity contribution in [3.8, 4) is 0 Å². The molecule has 2 aliphatic heterocycles. The number of nitrogens with zero attached hydrogens (tertiary/aromatic N) is 2. The number of rotatable bonds is 2. The number of anilines is 1. The molecule has 1 amide bonds. The van der Waals surface area contributed by atoms with Gasteiger partial charge in [-0.3, -0.25) is 0 Å². The molecular formula is C22H34N2O3. The molecule has 1 spiro atoms. The summed E-state index contributed by atoms with van der Waals surface area (Å²) in [6, 6.07) is 8.91. The van der Waals surface area contributed by atoms with Crippen molar-refractivity contribution in [2.75, 3.05) is 37.7 Å². The maximum absolute atomic E-state index is 12.3. The van der Waals surface area contributed by atoms with Crippen LogP contribution < -0.4 is 4.90 Å². The van der Waals surface area contributed by atoms with Gasteiger partial charge in [-0.05, 0) is 57.2 Å². The van der Waals surface area contributed by atoms with E-state index in [1.165, 1.54) is 11.3 Å². The van der Waals surface area contributed by atoms with Gasteiger partial charge < -0.3 is 19.3 Å². The first-order valence-electron chi connectivity index (χ1n) is 10.1. The van der Waals surface area contributed by atoms with Crippen LogP contribution in [0.3, 0.4) is 0 Å². The molecule has 5 nitrogen and oxygen atoms in total. The summed E-state index contributed by atoms with van der Waals surface area (Å²) in [5.74, 6) is 0.548. The highest BCUT2D eigenvalue weighted by Gasteiger charge is 2.41. The van der Waals surface area contributed by atoms with Crippen molar-refractivity contribution in [3.05, 3.63) is 29.8 Å². The summed E-state index contributed by atoms with van der Waals surface area (Å²) < 4.78 is 11.7. The van der Waals surface area contributed by atoms with Gasteiger partial charge in [-0.15, -0.1) is 0 Å². The SMILES string of the molecule is CC(C)c1ccc(N2CCOC3(CCN(C(=O)OC(C)(C)C)CC3)C2)cc1. The van der Waals surface area contributed by atoms with Crippen LogP contribution in [0, 0.1) is 0 Å². The molecule has 2 fully saturated rings. The van der Waals surface area contributed by atoms with Gasteiger partial charge in [-0.2, -0.15) is 0 Å². The van der Waals surface area contributed by atoms with Crippen LogP contribution in [0.15, 0.2) is 24.3 Å². The van der Waals surface area contributed by atoms with Gasteiger partial charge >= 0.3 is 6.09 Å².